The van der Waals surface area contributed by atoms with Crippen molar-refractivity contribution in [1.82, 2.24) is 14.9 Å². The van der Waals surface area contributed by atoms with Crippen molar-refractivity contribution in [2.75, 3.05) is 0 Å². The molecule has 2 amide bonds. The first-order valence-electron chi connectivity index (χ1n) is 5.62. The molecule has 6 heteroatoms. The number of carbonyl (C=O) groups is 2. The van der Waals surface area contributed by atoms with E-state index in [0.717, 1.165) is 15.7 Å². The molecular weight excluding hydrogens is 298 g/mol. The molecule has 1 N–H and O–H groups in total. The van der Waals surface area contributed by atoms with Crippen LogP contribution in [0.4, 0.5) is 0 Å². The lowest BCUT2D eigenvalue weighted by atomic mass is 9.91. The Balaban J connectivity index is 2.03. The number of aromatic nitrogens is 2. The summed E-state index contributed by atoms with van der Waals surface area (Å²) in [4.78, 5) is 23.0. The molecule has 1 aliphatic heterocycles. The van der Waals surface area contributed by atoms with E-state index >= 15 is 0 Å². The topological polar surface area (TPSA) is 63.5 Å². The van der Waals surface area contributed by atoms with Crippen molar-refractivity contribution in [2.45, 2.75) is 18.8 Å². The van der Waals surface area contributed by atoms with Crippen LogP contribution in [0.2, 0.25) is 0 Å². The third-order valence-corrected chi connectivity index (χ3v) is 3.68. The fraction of sp³-hybridized carbons (Fsp3) is 0.250. The summed E-state index contributed by atoms with van der Waals surface area (Å²) in [6.07, 6.45) is 2.65. The van der Waals surface area contributed by atoms with E-state index in [-0.39, 0.29) is 17.7 Å². The van der Waals surface area contributed by atoms with Gasteiger partial charge in [-0.05, 0) is 46.1 Å². The summed E-state index contributed by atoms with van der Waals surface area (Å²) in [5.74, 6) is -0.679. The maximum Gasteiger partial charge on any atom is 0.234 e. The third-order valence-electron chi connectivity index (χ3n) is 3.12. The first-order valence-corrected chi connectivity index (χ1v) is 6.41. The van der Waals surface area contributed by atoms with E-state index in [1.54, 1.807) is 10.7 Å². The second kappa shape index (κ2) is 4.20. The molecule has 1 saturated heterocycles. The molecule has 5 nitrogen and oxygen atoms in total. The predicted octanol–water partition coefficient (Wildman–Crippen LogP) is 1.62. The van der Waals surface area contributed by atoms with E-state index in [1.807, 2.05) is 18.2 Å². The molecule has 1 atom stereocenters. The number of rotatable bonds is 1. The maximum atomic E-state index is 11.8. The SMILES string of the molecule is O=C1CCC(c2cc(Br)n3nccc3c2)C(=O)N1. The van der Waals surface area contributed by atoms with Crippen LogP contribution < -0.4 is 5.32 Å². The van der Waals surface area contributed by atoms with E-state index in [1.165, 1.54) is 0 Å². The maximum absolute atomic E-state index is 11.8. The van der Waals surface area contributed by atoms with Crippen LogP contribution in [0.5, 0.6) is 0 Å². The molecule has 1 fully saturated rings. The molecule has 0 aromatic carbocycles. The molecule has 3 rings (SSSR count). The molecule has 92 valence electrons. The quantitative estimate of drug-likeness (QED) is 0.643. The fourth-order valence-electron chi connectivity index (χ4n) is 2.23. The summed E-state index contributed by atoms with van der Waals surface area (Å²) in [6.45, 7) is 0. The van der Waals surface area contributed by atoms with Gasteiger partial charge in [-0.25, -0.2) is 4.52 Å². The lowest BCUT2D eigenvalue weighted by Gasteiger charge is -2.21. The lowest BCUT2D eigenvalue weighted by Crippen LogP contribution is -2.39. The molecule has 2 aromatic rings. The number of hydrogen-bond acceptors (Lipinski definition) is 3. The highest BCUT2D eigenvalue weighted by atomic mass is 79.9. The largest absolute Gasteiger partial charge is 0.296 e. The van der Waals surface area contributed by atoms with E-state index in [0.29, 0.717) is 12.8 Å². The van der Waals surface area contributed by atoms with E-state index in [2.05, 4.69) is 26.3 Å². The lowest BCUT2D eigenvalue weighted by molar-refractivity contribution is -0.134. The van der Waals surface area contributed by atoms with Crippen LogP contribution in [-0.4, -0.2) is 21.4 Å². The van der Waals surface area contributed by atoms with Crippen LogP contribution in [-0.2, 0) is 9.59 Å². The molecule has 0 radical (unpaired) electrons. The number of fused-ring (bicyclic) bond motifs is 1. The molecule has 0 saturated carbocycles. The zero-order valence-electron chi connectivity index (χ0n) is 9.39. The van der Waals surface area contributed by atoms with Crippen molar-refractivity contribution >= 4 is 33.3 Å². The van der Waals surface area contributed by atoms with E-state index in [4.69, 9.17) is 0 Å². The highest BCUT2D eigenvalue weighted by Crippen LogP contribution is 2.28. The zero-order chi connectivity index (χ0) is 12.7. The van der Waals surface area contributed by atoms with Gasteiger partial charge in [0.15, 0.2) is 0 Å². The van der Waals surface area contributed by atoms with Gasteiger partial charge in [0.1, 0.15) is 4.60 Å². The van der Waals surface area contributed by atoms with Gasteiger partial charge in [0.05, 0.1) is 17.6 Å². The smallest absolute Gasteiger partial charge is 0.234 e. The summed E-state index contributed by atoms with van der Waals surface area (Å²) >= 11 is 3.43. The monoisotopic (exact) mass is 307 g/mol. The van der Waals surface area contributed by atoms with Crippen molar-refractivity contribution in [3.05, 3.63) is 34.6 Å². The van der Waals surface area contributed by atoms with Crippen molar-refractivity contribution in [2.24, 2.45) is 0 Å². The minimum absolute atomic E-state index is 0.194. The minimum atomic E-state index is -0.265. The normalized spacial score (nSPS) is 20.2. The van der Waals surface area contributed by atoms with Crippen LogP contribution in [0.15, 0.2) is 29.0 Å². The van der Waals surface area contributed by atoms with Gasteiger partial charge in [0.25, 0.3) is 0 Å². The minimum Gasteiger partial charge on any atom is -0.296 e. The van der Waals surface area contributed by atoms with Crippen LogP contribution in [0.25, 0.3) is 5.52 Å². The Labute approximate surface area is 111 Å². The van der Waals surface area contributed by atoms with E-state index < -0.39 is 0 Å². The van der Waals surface area contributed by atoms with Crippen molar-refractivity contribution in [3.8, 4) is 0 Å². The fourth-order valence-corrected chi connectivity index (χ4v) is 2.79. The molecule has 0 aliphatic carbocycles. The molecule has 1 unspecified atom stereocenters. The number of nitrogens with zero attached hydrogens (tertiary/aromatic N) is 2. The molecular formula is C12H10BrN3O2. The van der Waals surface area contributed by atoms with Gasteiger partial charge in [-0.3, -0.25) is 14.9 Å². The highest BCUT2D eigenvalue weighted by Gasteiger charge is 2.28. The second-order valence-electron chi connectivity index (χ2n) is 4.28. The van der Waals surface area contributed by atoms with Crippen molar-refractivity contribution in [3.63, 3.8) is 0 Å². The van der Waals surface area contributed by atoms with Gasteiger partial charge in [-0.2, -0.15) is 5.10 Å². The second-order valence-corrected chi connectivity index (χ2v) is 5.10. The number of halogens is 1. The number of nitrogens with one attached hydrogen (secondary N) is 1. The Morgan fingerprint density at radius 3 is 3.00 bits per heavy atom. The first-order chi connectivity index (χ1) is 8.65. The van der Waals surface area contributed by atoms with Crippen LogP contribution in [0, 0.1) is 0 Å². The number of pyridine rings is 1. The molecule has 0 spiro atoms. The number of amides is 2. The Hall–Kier alpha value is -1.69. The first kappa shape index (κ1) is 11.4. The highest BCUT2D eigenvalue weighted by molar-refractivity contribution is 9.10. The standard InChI is InChI=1S/C12H10BrN3O2/c13-10-6-7(5-8-3-4-14-16(8)10)9-1-2-11(17)15-12(9)18/h3-6,9H,1-2H2,(H,15,17,18). The molecule has 3 heterocycles. The number of imide groups is 1. The summed E-state index contributed by atoms with van der Waals surface area (Å²) < 4.78 is 2.54. The predicted molar refractivity (Wildman–Crippen MR) is 68.0 cm³/mol. The Kier molecular flexibility index (Phi) is 2.66. The van der Waals surface area contributed by atoms with Crippen molar-refractivity contribution < 1.29 is 9.59 Å². The van der Waals surface area contributed by atoms with Crippen LogP contribution in [0.3, 0.4) is 0 Å². The van der Waals surface area contributed by atoms with Crippen LogP contribution >= 0.6 is 15.9 Å². The third kappa shape index (κ3) is 1.82. The van der Waals surface area contributed by atoms with Crippen LogP contribution in [0.1, 0.15) is 24.3 Å². The summed E-state index contributed by atoms with van der Waals surface area (Å²) in [7, 11) is 0. The molecule has 1 aliphatic rings. The van der Waals surface area contributed by atoms with Gasteiger partial charge in [0.2, 0.25) is 11.8 Å². The van der Waals surface area contributed by atoms with E-state index in [9.17, 15) is 9.59 Å². The molecule has 0 bridgehead atoms. The average Bonchev–Trinajstić information content (AvgIpc) is 2.77. The van der Waals surface area contributed by atoms with Gasteiger partial charge in [-0.15, -0.1) is 0 Å². The Morgan fingerprint density at radius 2 is 2.22 bits per heavy atom. The van der Waals surface area contributed by atoms with Gasteiger partial charge in [-0.1, -0.05) is 0 Å². The number of piperidine rings is 1. The van der Waals surface area contributed by atoms with Gasteiger partial charge >= 0.3 is 0 Å². The van der Waals surface area contributed by atoms with Crippen molar-refractivity contribution in [1.29, 1.82) is 0 Å². The van der Waals surface area contributed by atoms with Gasteiger partial charge in [0, 0.05) is 6.42 Å². The summed E-state index contributed by atoms with van der Waals surface area (Å²) in [5.41, 5.74) is 1.82. The number of carbonyl (C=O) groups excluding carboxylic acids is 2. The zero-order valence-corrected chi connectivity index (χ0v) is 11.0. The molecule has 18 heavy (non-hydrogen) atoms. The number of hydrogen-bond donors (Lipinski definition) is 1. The molecule has 2 aromatic heterocycles. The Bertz CT molecular complexity index is 650. The summed E-state index contributed by atoms with van der Waals surface area (Å²) in [5, 5.41) is 6.52. The summed E-state index contributed by atoms with van der Waals surface area (Å²) in [6, 6.07) is 5.68. The average molecular weight is 308 g/mol. The Morgan fingerprint density at radius 1 is 1.39 bits per heavy atom. The van der Waals surface area contributed by atoms with Gasteiger partial charge < -0.3 is 0 Å².